The molecular weight excluding hydrogens is 210 g/mol. The Hall–Kier alpha value is -0.860. The minimum absolute atomic E-state index is 0.150. The van der Waals surface area contributed by atoms with Crippen molar-refractivity contribution >= 4 is 0 Å². The molecule has 96 valence electrons. The van der Waals surface area contributed by atoms with Gasteiger partial charge < -0.3 is 5.11 Å². The summed E-state index contributed by atoms with van der Waals surface area (Å²) in [4.78, 5) is 1.83. The van der Waals surface area contributed by atoms with Crippen LogP contribution in [0.2, 0.25) is 0 Å². The van der Waals surface area contributed by atoms with Crippen LogP contribution in [0.4, 0.5) is 0 Å². The van der Waals surface area contributed by atoms with E-state index in [2.05, 4.69) is 46.8 Å². The van der Waals surface area contributed by atoms with Crippen molar-refractivity contribution in [1.82, 2.24) is 4.90 Å². The summed E-state index contributed by atoms with van der Waals surface area (Å²) in [6.45, 7) is 10.8. The number of hydrogen-bond acceptors (Lipinski definition) is 2. The predicted octanol–water partition coefficient (Wildman–Crippen LogP) is 3.15. The Balaban J connectivity index is 3.29. The maximum Gasteiger partial charge on any atom is 0.133 e. The maximum atomic E-state index is 10.2. The van der Waals surface area contributed by atoms with Crippen LogP contribution in [0.5, 0.6) is 0 Å². The van der Waals surface area contributed by atoms with Crippen molar-refractivity contribution < 1.29 is 5.11 Å². The third kappa shape index (κ3) is 3.08. The Morgan fingerprint density at radius 2 is 1.47 bits per heavy atom. The molecule has 0 aliphatic rings. The summed E-state index contributed by atoms with van der Waals surface area (Å²) < 4.78 is 0. The van der Waals surface area contributed by atoms with Crippen LogP contribution in [0.1, 0.15) is 49.3 Å². The second-order valence-electron chi connectivity index (χ2n) is 6.11. The second-order valence-corrected chi connectivity index (χ2v) is 6.11. The van der Waals surface area contributed by atoms with Crippen molar-refractivity contribution in [2.24, 2.45) is 0 Å². The third-order valence-electron chi connectivity index (χ3n) is 3.21. The van der Waals surface area contributed by atoms with Crippen LogP contribution in [-0.2, 0) is 5.41 Å². The SMILES string of the molecule is Cc1cc(C(C)(C)C)cc(C)c1C(O)N(C)C. The van der Waals surface area contributed by atoms with Crippen molar-refractivity contribution in [3.8, 4) is 0 Å². The lowest BCUT2D eigenvalue weighted by Crippen LogP contribution is -2.22. The van der Waals surface area contributed by atoms with Crippen molar-refractivity contribution in [2.45, 2.75) is 46.3 Å². The number of hydrogen-bond donors (Lipinski definition) is 1. The molecule has 0 fully saturated rings. The Kier molecular flexibility index (Phi) is 4.00. The van der Waals surface area contributed by atoms with Gasteiger partial charge in [0.05, 0.1) is 0 Å². The quantitative estimate of drug-likeness (QED) is 0.796. The van der Waals surface area contributed by atoms with Crippen LogP contribution in [0.3, 0.4) is 0 Å². The van der Waals surface area contributed by atoms with E-state index in [-0.39, 0.29) is 5.41 Å². The molecule has 0 bridgehead atoms. The van der Waals surface area contributed by atoms with Gasteiger partial charge in [-0.05, 0) is 50.0 Å². The summed E-state index contributed by atoms with van der Waals surface area (Å²) in [5.74, 6) is 0. The Labute approximate surface area is 105 Å². The Bertz CT molecular complexity index is 379. The molecule has 0 aliphatic heterocycles. The summed E-state index contributed by atoms with van der Waals surface area (Å²) in [7, 11) is 3.78. The van der Waals surface area contributed by atoms with E-state index < -0.39 is 6.23 Å². The lowest BCUT2D eigenvalue weighted by molar-refractivity contribution is 0.0384. The van der Waals surface area contributed by atoms with E-state index in [1.165, 1.54) is 5.56 Å². The molecule has 1 N–H and O–H groups in total. The number of rotatable bonds is 2. The van der Waals surface area contributed by atoms with Crippen LogP contribution in [-0.4, -0.2) is 24.1 Å². The standard InChI is InChI=1S/C15H25NO/c1-10-8-12(15(3,4)5)9-11(2)13(10)14(17)16(6)7/h8-9,14,17H,1-7H3. The number of nitrogens with zero attached hydrogens (tertiary/aromatic N) is 1. The molecule has 1 rings (SSSR count). The minimum atomic E-state index is -0.524. The topological polar surface area (TPSA) is 23.5 Å². The first-order valence-corrected chi connectivity index (χ1v) is 6.10. The molecule has 0 saturated carbocycles. The normalized spacial score (nSPS) is 14.2. The lowest BCUT2D eigenvalue weighted by Gasteiger charge is -2.26. The smallest absolute Gasteiger partial charge is 0.133 e. The van der Waals surface area contributed by atoms with E-state index in [0.717, 1.165) is 16.7 Å². The summed E-state index contributed by atoms with van der Waals surface area (Å²) in [5, 5.41) is 10.2. The predicted molar refractivity (Wildman–Crippen MR) is 73.3 cm³/mol. The molecule has 0 aliphatic carbocycles. The van der Waals surface area contributed by atoms with E-state index in [1.807, 2.05) is 19.0 Å². The monoisotopic (exact) mass is 235 g/mol. The van der Waals surface area contributed by atoms with Crippen LogP contribution >= 0.6 is 0 Å². The summed E-state index contributed by atoms with van der Waals surface area (Å²) in [5.41, 5.74) is 4.83. The minimum Gasteiger partial charge on any atom is -0.374 e. The van der Waals surface area contributed by atoms with Gasteiger partial charge in [0.15, 0.2) is 0 Å². The van der Waals surface area contributed by atoms with Crippen LogP contribution in [0.15, 0.2) is 12.1 Å². The zero-order chi connectivity index (χ0) is 13.4. The van der Waals surface area contributed by atoms with E-state index in [9.17, 15) is 5.11 Å². The van der Waals surface area contributed by atoms with Gasteiger partial charge in [0.25, 0.3) is 0 Å². The molecule has 1 aromatic carbocycles. The van der Waals surface area contributed by atoms with Crippen LogP contribution < -0.4 is 0 Å². The van der Waals surface area contributed by atoms with E-state index in [0.29, 0.717) is 0 Å². The zero-order valence-corrected chi connectivity index (χ0v) is 12.1. The fourth-order valence-corrected chi connectivity index (χ4v) is 2.07. The van der Waals surface area contributed by atoms with Gasteiger partial charge in [0, 0.05) is 5.56 Å². The highest BCUT2D eigenvalue weighted by molar-refractivity contribution is 5.41. The van der Waals surface area contributed by atoms with Gasteiger partial charge in [-0.1, -0.05) is 32.9 Å². The first-order valence-electron chi connectivity index (χ1n) is 6.10. The van der Waals surface area contributed by atoms with Gasteiger partial charge in [-0.25, -0.2) is 0 Å². The number of aliphatic hydroxyl groups excluding tert-OH is 1. The Morgan fingerprint density at radius 3 is 1.76 bits per heavy atom. The molecule has 1 atom stereocenters. The van der Waals surface area contributed by atoms with Gasteiger partial charge in [0.1, 0.15) is 6.23 Å². The molecule has 0 amide bonds. The number of aliphatic hydroxyl groups is 1. The summed E-state index contributed by atoms with van der Waals surface area (Å²) in [6, 6.07) is 4.38. The van der Waals surface area contributed by atoms with Gasteiger partial charge in [0.2, 0.25) is 0 Å². The highest BCUT2D eigenvalue weighted by atomic mass is 16.3. The number of benzene rings is 1. The van der Waals surface area contributed by atoms with Crippen molar-refractivity contribution in [3.63, 3.8) is 0 Å². The van der Waals surface area contributed by atoms with Gasteiger partial charge in [-0.2, -0.15) is 0 Å². The molecule has 0 heterocycles. The molecular formula is C15H25NO. The summed E-state index contributed by atoms with van der Waals surface area (Å²) in [6.07, 6.45) is -0.524. The third-order valence-corrected chi connectivity index (χ3v) is 3.21. The Morgan fingerprint density at radius 1 is 1.06 bits per heavy atom. The fourth-order valence-electron chi connectivity index (χ4n) is 2.07. The molecule has 17 heavy (non-hydrogen) atoms. The van der Waals surface area contributed by atoms with Crippen molar-refractivity contribution in [1.29, 1.82) is 0 Å². The average Bonchev–Trinajstić information content (AvgIpc) is 2.14. The first kappa shape index (κ1) is 14.2. The maximum absolute atomic E-state index is 10.2. The summed E-state index contributed by atoms with van der Waals surface area (Å²) >= 11 is 0. The van der Waals surface area contributed by atoms with Crippen molar-refractivity contribution in [3.05, 3.63) is 34.4 Å². The van der Waals surface area contributed by atoms with Crippen LogP contribution in [0, 0.1) is 13.8 Å². The molecule has 1 aromatic rings. The average molecular weight is 235 g/mol. The second kappa shape index (κ2) is 4.79. The lowest BCUT2D eigenvalue weighted by atomic mass is 9.83. The van der Waals surface area contributed by atoms with Crippen molar-refractivity contribution in [2.75, 3.05) is 14.1 Å². The van der Waals surface area contributed by atoms with Crippen LogP contribution in [0.25, 0.3) is 0 Å². The molecule has 0 spiro atoms. The molecule has 1 unspecified atom stereocenters. The molecule has 0 saturated heterocycles. The molecule has 0 aromatic heterocycles. The highest BCUT2D eigenvalue weighted by Gasteiger charge is 2.20. The fraction of sp³-hybridized carbons (Fsp3) is 0.600. The van der Waals surface area contributed by atoms with Gasteiger partial charge in [-0.15, -0.1) is 0 Å². The van der Waals surface area contributed by atoms with Gasteiger partial charge in [-0.3, -0.25) is 4.90 Å². The zero-order valence-electron chi connectivity index (χ0n) is 12.1. The van der Waals surface area contributed by atoms with E-state index >= 15 is 0 Å². The molecule has 2 nitrogen and oxygen atoms in total. The van der Waals surface area contributed by atoms with E-state index in [1.54, 1.807) is 0 Å². The van der Waals surface area contributed by atoms with E-state index in [4.69, 9.17) is 0 Å². The first-order chi connectivity index (χ1) is 7.64. The van der Waals surface area contributed by atoms with Gasteiger partial charge >= 0.3 is 0 Å². The molecule has 2 heteroatoms. The number of aryl methyl sites for hydroxylation is 2. The molecule has 0 radical (unpaired) electrons. The highest BCUT2D eigenvalue weighted by Crippen LogP contribution is 2.30. The largest absolute Gasteiger partial charge is 0.374 e.